The fourth-order valence-electron chi connectivity index (χ4n) is 8.47. The van der Waals surface area contributed by atoms with Crippen LogP contribution < -0.4 is 0 Å². The maximum Gasteiger partial charge on any atom is 0.397 e. The molecule has 1 N–H and O–H groups in total. The molecule has 0 aromatic rings. The third-order valence-corrected chi connectivity index (χ3v) is 10.3. The van der Waals surface area contributed by atoms with Crippen molar-refractivity contribution >= 4 is 10.4 Å². The van der Waals surface area contributed by atoms with Gasteiger partial charge in [0.15, 0.2) is 0 Å². The summed E-state index contributed by atoms with van der Waals surface area (Å²) in [5, 5.41) is 4.06. The van der Waals surface area contributed by atoms with Gasteiger partial charge in [-0.25, -0.2) is 4.18 Å². The summed E-state index contributed by atoms with van der Waals surface area (Å²) >= 11 is 0. The van der Waals surface area contributed by atoms with Gasteiger partial charge in [0.05, 0.1) is 6.10 Å². The molecule has 7 nitrogen and oxygen atoms in total. The van der Waals surface area contributed by atoms with Gasteiger partial charge >= 0.3 is 10.4 Å². The van der Waals surface area contributed by atoms with Crippen molar-refractivity contribution in [1.82, 2.24) is 0 Å². The van der Waals surface area contributed by atoms with E-state index in [0.717, 1.165) is 31.6 Å². The Morgan fingerprint density at radius 1 is 1.07 bits per heavy atom. The van der Waals surface area contributed by atoms with Gasteiger partial charge in [0, 0.05) is 11.0 Å². The van der Waals surface area contributed by atoms with Crippen LogP contribution >= 0.6 is 0 Å². The molecule has 0 unspecified atom stereocenters. The van der Waals surface area contributed by atoms with Gasteiger partial charge in [0.1, 0.15) is 0 Å². The van der Waals surface area contributed by atoms with E-state index < -0.39 is 10.4 Å². The van der Waals surface area contributed by atoms with E-state index in [1.54, 1.807) is 0 Å². The van der Waals surface area contributed by atoms with Crippen LogP contribution in [0.15, 0.2) is 5.11 Å². The minimum atomic E-state index is -4.38. The fraction of sp³-hybridized carbons (Fsp3) is 1.00. The first kappa shape index (κ1) is 21.4. The first-order chi connectivity index (χ1) is 13.6. The van der Waals surface area contributed by atoms with Crippen LogP contribution in [0.25, 0.3) is 10.4 Å². The molecule has 4 fully saturated rings. The second kappa shape index (κ2) is 7.40. The van der Waals surface area contributed by atoms with Crippen molar-refractivity contribution in [2.45, 2.75) is 90.7 Å². The zero-order chi connectivity index (χ0) is 21.0. The third-order valence-electron chi connectivity index (χ3n) is 9.76. The summed E-state index contributed by atoms with van der Waals surface area (Å²) in [5.74, 6) is 3.05. The minimum absolute atomic E-state index is 0.0616. The molecule has 0 aliphatic heterocycles. The monoisotopic (exact) mass is 425 g/mol. The van der Waals surface area contributed by atoms with Gasteiger partial charge in [-0.3, -0.25) is 4.55 Å². The second-order valence-corrected chi connectivity index (χ2v) is 11.8. The lowest BCUT2D eigenvalue weighted by Crippen LogP contribution is -2.54. The standard InChI is InChI=1S/C21H35N3O4S/c1-13(23-24-22)17-6-7-18-16-5-4-14-12-15(28-29(25,26)27)8-10-20(14,2)19(16)9-11-21(17,18)3/h13-19H,4-12H2,1-3H3,(H,25,26,27)/t13-,14-,15-,16+,17-,18+,19+,20+,21-/m1/s1. The quantitative estimate of drug-likeness (QED) is 0.276. The van der Waals surface area contributed by atoms with Crippen molar-refractivity contribution in [3.63, 3.8) is 0 Å². The summed E-state index contributed by atoms with van der Waals surface area (Å²) < 4.78 is 36.3. The first-order valence-electron chi connectivity index (χ1n) is 11.3. The number of rotatable bonds is 4. The first-order valence-corrected chi connectivity index (χ1v) is 12.6. The van der Waals surface area contributed by atoms with Gasteiger partial charge < -0.3 is 0 Å². The van der Waals surface area contributed by atoms with Gasteiger partial charge in [-0.1, -0.05) is 25.9 Å². The van der Waals surface area contributed by atoms with Crippen LogP contribution in [0.5, 0.6) is 0 Å². The smallest absolute Gasteiger partial charge is 0.264 e. The number of azide groups is 1. The highest BCUT2D eigenvalue weighted by Crippen LogP contribution is 2.68. The summed E-state index contributed by atoms with van der Waals surface area (Å²) in [4.78, 5) is 3.08. The summed E-state index contributed by atoms with van der Waals surface area (Å²) in [6.07, 6.45) is 9.16. The lowest BCUT2D eigenvalue weighted by Gasteiger charge is -2.61. The average molecular weight is 426 g/mol. The largest absolute Gasteiger partial charge is 0.397 e. The van der Waals surface area contributed by atoms with Crippen molar-refractivity contribution in [2.75, 3.05) is 0 Å². The van der Waals surface area contributed by atoms with Gasteiger partial charge in [0.25, 0.3) is 0 Å². The Balaban J connectivity index is 1.52. The lowest BCUT2D eigenvalue weighted by molar-refractivity contribution is -0.125. The van der Waals surface area contributed by atoms with Crippen molar-refractivity contribution in [1.29, 1.82) is 0 Å². The molecule has 0 radical (unpaired) electrons. The second-order valence-electron chi connectivity index (χ2n) is 10.8. The molecule has 9 atom stereocenters. The summed E-state index contributed by atoms with van der Waals surface area (Å²) in [5.41, 5.74) is 9.42. The molecule has 0 aromatic carbocycles. The van der Waals surface area contributed by atoms with Gasteiger partial charge in [-0.15, -0.1) is 0 Å². The van der Waals surface area contributed by atoms with Crippen LogP contribution in [-0.2, 0) is 14.6 Å². The maximum atomic E-state index is 11.2. The van der Waals surface area contributed by atoms with Crippen LogP contribution in [0, 0.1) is 40.4 Å². The van der Waals surface area contributed by atoms with E-state index >= 15 is 0 Å². The highest BCUT2D eigenvalue weighted by molar-refractivity contribution is 7.80. The summed E-state index contributed by atoms with van der Waals surface area (Å²) in [7, 11) is -4.38. The highest BCUT2D eigenvalue weighted by Gasteiger charge is 2.60. The van der Waals surface area contributed by atoms with E-state index in [0.29, 0.717) is 30.1 Å². The Labute approximate surface area is 174 Å². The Hall–Kier alpha value is -0.820. The predicted octanol–water partition coefficient (Wildman–Crippen LogP) is 5.53. The molecular weight excluding hydrogens is 390 g/mol. The van der Waals surface area contributed by atoms with Crippen LogP contribution in [-0.4, -0.2) is 25.1 Å². The Bertz CT molecular complexity index is 798. The van der Waals surface area contributed by atoms with E-state index in [4.69, 9.17) is 14.3 Å². The molecule has 0 bridgehead atoms. The van der Waals surface area contributed by atoms with Crippen LogP contribution in [0.1, 0.15) is 78.6 Å². The minimum Gasteiger partial charge on any atom is -0.264 e. The highest BCUT2D eigenvalue weighted by atomic mass is 32.3. The van der Waals surface area contributed by atoms with Crippen molar-refractivity contribution in [3.8, 4) is 0 Å². The van der Waals surface area contributed by atoms with E-state index in [-0.39, 0.29) is 23.0 Å². The Morgan fingerprint density at radius 3 is 2.45 bits per heavy atom. The van der Waals surface area contributed by atoms with Crippen molar-refractivity contribution < 1.29 is 17.2 Å². The molecular formula is C21H35N3O4S. The van der Waals surface area contributed by atoms with E-state index in [1.165, 1.54) is 25.7 Å². The normalized spacial score (nSPS) is 48.0. The fourth-order valence-corrected chi connectivity index (χ4v) is 8.99. The molecule has 0 amide bonds. The number of fused-ring (bicyclic) bond motifs is 5. The summed E-state index contributed by atoms with van der Waals surface area (Å²) in [6, 6.07) is 0.0616. The maximum absolute atomic E-state index is 11.2. The topological polar surface area (TPSA) is 112 Å². The average Bonchev–Trinajstić information content (AvgIpc) is 2.98. The Morgan fingerprint density at radius 2 is 1.76 bits per heavy atom. The molecule has 0 spiro atoms. The molecule has 29 heavy (non-hydrogen) atoms. The van der Waals surface area contributed by atoms with E-state index in [2.05, 4.69) is 30.8 Å². The van der Waals surface area contributed by atoms with Gasteiger partial charge in [-0.05, 0) is 104 Å². The van der Waals surface area contributed by atoms with Gasteiger partial charge in [-0.2, -0.15) is 8.42 Å². The van der Waals surface area contributed by atoms with E-state index in [1.807, 2.05) is 0 Å². The molecule has 4 rings (SSSR count). The number of nitrogens with zero attached hydrogens (tertiary/aromatic N) is 3. The molecule has 8 heteroatoms. The number of hydrogen-bond acceptors (Lipinski definition) is 4. The molecule has 164 valence electrons. The van der Waals surface area contributed by atoms with Crippen molar-refractivity contribution in [2.24, 2.45) is 45.5 Å². The van der Waals surface area contributed by atoms with Crippen LogP contribution in [0.2, 0.25) is 0 Å². The van der Waals surface area contributed by atoms with Crippen molar-refractivity contribution in [3.05, 3.63) is 10.4 Å². The zero-order valence-electron chi connectivity index (χ0n) is 17.8. The number of hydrogen-bond donors (Lipinski definition) is 1. The third kappa shape index (κ3) is 3.60. The molecule has 0 saturated heterocycles. The molecule has 0 heterocycles. The Kier molecular flexibility index (Phi) is 5.46. The van der Waals surface area contributed by atoms with E-state index in [9.17, 15) is 8.42 Å². The van der Waals surface area contributed by atoms with Gasteiger partial charge in [0.2, 0.25) is 0 Å². The molecule has 4 saturated carbocycles. The van der Waals surface area contributed by atoms with Crippen LogP contribution in [0.3, 0.4) is 0 Å². The molecule has 4 aliphatic carbocycles. The molecule has 0 aromatic heterocycles. The zero-order valence-corrected chi connectivity index (χ0v) is 18.6. The van der Waals surface area contributed by atoms with Crippen LogP contribution in [0.4, 0.5) is 0 Å². The molecule has 4 aliphatic rings. The summed E-state index contributed by atoms with van der Waals surface area (Å²) in [6.45, 7) is 6.95. The lowest BCUT2D eigenvalue weighted by atomic mass is 9.44. The SMILES string of the molecule is C[C@@H](N=[N+]=[N-])[C@H]1CC[C@H]2[C@@H]3CC[C@@H]4C[C@H](OS(=O)(=O)O)CC[C@]4(C)[C@H]3CC[C@]12C. The predicted molar refractivity (Wildman–Crippen MR) is 110 cm³/mol.